The number of carbonyl (C=O) groups excluding carboxylic acids is 1. The van der Waals surface area contributed by atoms with Crippen LogP contribution in [0.25, 0.3) is 40.0 Å². The van der Waals surface area contributed by atoms with Crippen LogP contribution in [0.15, 0.2) is 75.6 Å². The molecule has 39 heavy (non-hydrogen) atoms. The average Bonchev–Trinajstić information content (AvgIpc) is 3.51. The quantitative estimate of drug-likeness (QED) is 0.161. The number of hydrogen-bond acceptors (Lipinski definition) is 5. The summed E-state index contributed by atoms with van der Waals surface area (Å²) >= 11 is 17.6. The number of nitrogens with zero attached hydrogens (tertiary/aromatic N) is 1. The van der Waals surface area contributed by atoms with Gasteiger partial charge in [0.1, 0.15) is 17.0 Å². The number of furan rings is 1. The van der Waals surface area contributed by atoms with Gasteiger partial charge in [-0.15, -0.1) is 0 Å². The van der Waals surface area contributed by atoms with Crippen molar-refractivity contribution in [1.82, 2.24) is 10.3 Å². The molecule has 5 rings (SSSR count). The van der Waals surface area contributed by atoms with Gasteiger partial charge >= 0.3 is 0 Å². The molecule has 2 heterocycles. The Morgan fingerprint density at radius 2 is 1.77 bits per heavy atom. The van der Waals surface area contributed by atoms with Crippen molar-refractivity contribution in [2.75, 3.05) is 5.32 Å². The lowest BCUT2D eigenvalue weighted by Crippen LogP contribution is -2.33. The predicted octanol–water partition coefficient (Wildman–Crippen LogP) is 8.51. The van der Waals surface area contributed by atoms with Gasteiger partial charge < -0.3 is 14.2 Å². The van der Waals surface area contributed by atoms with E-state index < -0.39 is 5.91 Å². The summed E-state index contributed by atoms with van der Waals surface area (Å²) in [5, 5.41) is 6.91. The summed E-state index contributed by atoms with van der Waals surface area (Å²) in [4.78, 5) is 17.1. The highest BCUT2D eigenvalue weighted by molar-refractivity contribution is 7.80. The molecule has 1 amide bonds. The Kier molecular flexibility index (Phi) is 7.57. The number of benzene rings is 3. The molecule has 0 aliphatic rings. The second-order valence-electron chi connectivity index (χ2n) is 9.08. The number of oxazole rings is 1. The summed E-state index contributed by atoms with van der Waals surface area (Å²) < 4.78 is 11.8. The zero-order valence-electron chi connectivity index (χ0n) is 21.3. The lowest BCUT2D eigenvalue weighted by molar-refractivity contribution is -0.115. The summed E-state index contributed by atoms with van der Waals surface area (Å²) in [6.45, 7) is 5.97. The summed E-state index contributed by atoms with van der Waals surface area (Å²) in [5.74, 6) is 1.15. The SMILES string of the molecule is Cc1cc(C)c2oc(-c3ccc(C)c(NC(=S)NC(=O)/C=C/c4ccc(-c5ccc(Cl)cc5Cl)o4)c3)nc2c1. The van der Waals surface area contributed by atoms with Crippen molar-refractivity contribution in [3.8, 4) is 22.8 Å². The van der Waals surface area contributed by atoms with Crippen molar-refractivity contribution in [2.45, 2.75) is 20.8 Å². The molecule has 0 spiro atoms. The van der Waals surface area contributed by atoms with Crippen molar-refractivity contribution in [2.24, 2.45) is 0 Å². The highest BCUT2D eigenvalue weighted by Gasteiger charge is 2.13. The number of thiocarbonyl (C=S) groups is 1. The summed E-state index contributed by atoms with van der Waals surface area (Å²) in [5.41, 5.74) is 6.90. The molecule has 0 aliphatic heterocycles. The molecule has 0 bridgehead atoms. The number of fused-ring (bicyclic) bond motifs is 1. The molecular weight excluding hydrogens is 553 g/mol. The first-order valence-electron chi connectivity index (χ1n) is 12.0. The van der Waals surface area contributed by atoms with Gasteiger partial charge in [0.05, 0.1) is 5.02 Å². The van der Waals surface area contributed by atoms with Gasteiger partial charge in [0.25, 0.3) is 0 Å². The van der Waals surface area contributed by atoms with E-state index in [-0.39, 0.29) is 5.11 Å². The van der Waals surface area contributed by atoms with Crippen LogP contribution < -0.4 is 10.6 Å². The van der Waals surface area contributed by atoms with Gasteiger partial charge in [-0.25, -0.2) is 4.98 Å². The molecule has 0 saturated carbocycles. The Morgan fingerprint density at radius 3 is 2.56 bits per heavy atom. The standard InChI is InChI=1S/C30H23Cl2N3O3S/c1-16-12-18(3)28-25(13-16)33-29(38-28)19-5-4-17(2)24(14-19)34-30(39)35-27(36)11-8-21-7-10-26(37-21)22-9-6-20(31)15-23(22)32/h4-15H,1-3H3,(H2,34,35,36,39)/b11-8+. The average molecular weight is 577 g/mol. The molecular formula is C30H23Cl2N3O3S. The van der Waals surface area contributed by atoms with Gasteiger partial charge in [0.2, 0.25) is 11.8 Å². The second kappa shape index (κ2) is 11.1. The fraction of sp³-hybridized carbons (Fsp3) is 0.100. The van der Waals surface area contributed by atoms with E-state index in [1.54, 1.807) is 36.4 Å². The number of carbonyl (C=O) groups is 1. The lowest BCUT2D eigenvalue weighted by atomic mass is 10.1. The Morgan fingerprint density at radius 1 is 0.949 bits per heavy atom. The lowest BCUT2D eigenvalue weighted by Gasteiger charge is -2.11. The van der Waals surface area contributed by atoms with Crippen molar-refractivity contribution < 1.29 is 13.6 Å². The third kappa shape index (κ3) is 6.06. The first-order valence-corrected chi connectivity index (χ1v) is 13.2. The van der Waals surface area contributed by atoms with E-state index in [1.165, 1.54) is 6.08 Å². The number of amides is 1. The third-order valence-electron chi connectivity index (χ3n) is 6.01. The largest absolute Gasteiger partial charge is 0.457 e. The van der Waals surface area contributed by atoms with Crippen LogP contribution in [0, 0.1) is 20.8 Å². The first kappa shape index (κ1) is 26.7. The zero-order valence-corrected chi connectivity index (χ0v) is 23.6. The van der Waals surface area contributed by atoms with Crippen LogP contribution >= 0.6 is 35.4 Å². The van der Waals surface area contributed by atoms with E-state index in [0.29, 0.717) is 33.0 Å². The van der Waals surface area contributed by atoms with Crippen molar-refractivity contribution in [3.05, 3.63) is 99.2 Å². The molecule has 3 aromatic carbocycles. The van der Waals surface area contributed by atoms with Gasteiger partial charge in [-0.05, 0) is 104 Å². The van der Waals surface area contributed by atoms with Crippen LogP contribution in [-0.4, -0.2) is 16.0 Å². The molecule has 0 fully saturated rings. The minimum atomic E-state index is -0.409. The van der Waals surface area contributed by atoms with Crippen LogP contribution in [0.1, 0.15) is 22.5 Å². The van der Waals surface area contributed by atoms with E-state index in [9.17, 15) is 4.79 Å². The van der Waals surface area contributed by atoms with E-state index in [2.05, 4.69) is 21.7 Å². The molecule has 2 N–H and O–H groups in total. The number of halogens is 2. The van der Waals surface area contributed by atoms with Gasteiger partial charge in [-0.1, -0.05) is 35.3 Å². The molecule has 2 aromatic heterocycles. The number of aryl methyl sites for hydroxylation is 3. The Bertz CT molecular complexity index is 1770. The summed E-state index contributed by atoms with van der Waals surface area (Å²) in [6.07, 6.45) is 2.89. The Labute approximate surface area is 240 Å². The maximum Gasteiger partial charge on any atom is 0.250 e. The molecule has 5 aromatic rings. The van der Waals surface area contributed by atoms with Crippen LogP contribution in [0.2, 0.25) is 10.0 Å². The minimum Gasteiger partial charge on any atom is -0.457 e. The molecule has 6 nitrogen and oxygen atoms in total. The van der Waals surface area contributed by atoms with Gasteiger partial charge in [-0.2, -0.15) is 0 Å². The van der Waals surface area contributed by atoms with E-state index >= 15 is 0 Å². The maximum atomic E-state index is 12.5. The van der Waals surface area contributed by atoms with Gasteiger partial charge in [0.15, 0.2) is 10.7 Å². The first-order chi connectivity index (χ1) is 18.7. The fourth-order valence-corrected chi connectivity index (χ4v) is 4.84. The van der Waals surface area contributed by atoms with Crippen LogP contribution in [0.5, 0.6) is 0 Å². The van der Waals surface area contributed by atoms with Crippen LogP contribution in [0.4, 0.5) is 5.69 Å². The number of nitrogens with one attached hydrogen (secondary N) is 2. The highest BCUT2D eigenvalue weighted by Crippen LogP contribution is 2.32. The summed E-state index contributed by atoms with van der Waals surface area (Å²) in [6, 6.07) is 18.5. The topological polar surface area (TPSA) is 80.3 Å². The predicted molar refractivity (Wildman–Crippen MR) is 161 cm³/mol. The normalized spacial score (nSPS) is 11.3. The molecule has 0 atom stereocenters. The fourth-order valence-electron chi connectivity index (χ4n) is 4.13. The third-order valence-corrected chi connectivity index (χ3v) is 6.76. The second-order valence-corrected chi connectivity index (χ2v) is 10.3. The number of anilines is 1. The molecule has 0 radical (unpaired) electrons. The van der Waals surface area contributed by atoms with Crippen molar-refractivity contribution in [1.29, 1.82) is 0 Å². The molecule has 0 unspecified atom stereocenters. The maximum absolute atomic E-state index is 12.5. The van der Waals surface area contributed by atoms with E-state index in [4.69, 9.17) is 44.3 Å². The Balaban J connectivity index is 1.25. The van der Waals surface area contributed by atoms with E-state index in [1.807, 2.05) is 45.0 Å². The molecule has 0 aliphatic carbocycles. The van der Waals surface area contributed by atoms with E-state index in [0.717, 1.165) is 39.0 Å². The molecule has 196 valence electrons. The zero-order chi connectivity index (χ0) is 27.7. The number of aromatic nitrogens is 1. The smallest absolute Gasteiger partial charge is 0.250 e. The monoisotopic (exact) mass is 575 g/mol. The molecule has 0 saturated heterocycles. The minimum absolute atomic E-state index is 0.155. The molecule has 9 heteroatoms. The van der Waals surface area contributed by atoms with Crippen molar-refractivity contribution in [3.63, 3.8) is 0 Å². The number of rotatable bonds is 5. The van der Waals surface area contributed by atoms with Gasteiger partial charge in [-0.3, -0.25) is 10.1 Å². The van der Waals surface area contributed by atoms with Crippen molar-refractivity contribution >= 4 is 69.3 Å². The number of hydrogen-bond donors (Lipinski definition) is 2. The van der Waals surface area contributed by atoms with Crippen LogP contribution in [-0.2, 0) is 4.79 Å². The van der Waals surface area contributed by atoms with Gasteiger partial charge in [0, 0.05) is 27.9 Å². The Hall–Kier alpha value is -3.91. The highest BCUT2D eigenvalue weighted by atomic mass is 35.5. The van der Waals surface area contributed by atoms with Crippen LogP contribution in [0.3, 0.4) is 0 Å². The summed E-state index contributed by atoms with van der Waals surface area (Å²) in [7, 11) is 0.